The van der Waals surface area contributed by atoms with Crippen LogP contribution in [0.4, 0.5) is 0 Å². The van der Waals surface area contributed by atoms with Crippen molar-refractivity contribution >= 4 is 0 Å². The van der Waals surface area contributed by atoms with Crippen molar-refractivity contribution in [2.24, 2.45) is 17.0 Å². The van der Waals surface area contributed by atoms with Crippen molar-refractivity contribution in [2.45, 2.75) is 32.2 Å². The molecule has 25 heavy (non-hydrogen) atoms. The van der Waals surface area contributed by atoms with Crippen LogP contribution in [0.1, 0.15) is 42.1 Å². The molecular weight excluding hydrogens is 308 g/mol. The van der Waals surface area contributed by atoms with E-state index >= 15 is 0 Å². The van der Waals surface area contributed by atoms with Crippen LogP contribution in [0, 0.1) is 23.7 Å². The average molecular weight is 332 g/mol. The highest BCUT2D eigenvalue weighted by atomic mass is 16.3. The molecule has 0 saturated heterocycles. The predicted octanol–water partition coefficient (Wildman–Crippen LogP) is 5.75. The van der Waals surface area contributed by atoms with Crippen LogP contribution >= 0.6 is 0 Å². The molecular formula is C22H24N2O. The van der Waals surface area contributed by atoms with E-state index in [0.717, 1.165) is 11.3 Å². The minimum atomic E-state index is -0.363. The Hall–Kier alpha value is -2.55. The van der Waals surface area contributed by atoms with E-state index in [2.05, 4.69) is 65.7 Å². The van der Waals surface area contributed by atoms with E-state index in [1.54, 1.807) is 6.20 Å². The van der Waals surface area contributed by atoms with Gasteiger partial charge < -0.3 is 0 Å². The fourth-order valence-electron chi connectivity index (χ4n) is 3.71. The highest BCUT2D eigenvalue weighted by molar-refractivity contribution is 5.28. The summed E-state index contributed by atoms with van der Waals surface area (Å²) in [6, 6.07) is 14.0. The monoisotopic (exact) mass is 332 g/mol. The summed E-state index contributed by atoms with van der Waals surface area (Å²) in [5, 5.41) is 3.46. The van der Waals surface area contributed by atoms with Crippen LogP contribution in [0.2, 0.25) is 0 Å². The van der Waals surface area contributed by atoms with Gasteiger partial charge in [0.15, 0.2) is 0 Å². The van der Waals surface area contributed by atoms with Crippen LogP contribution in [-0.4, -0.2) is 4.98 Å². The quantitative estimate of drug-likeness (QED) is 0.632. The molecule has 2 aromatic rings. The van der Waals surface area contributed by atoms with Crippen molar-refractivity contribution in [2.75, 3.05) is 0 Å². The first-order valence-electron chi connectivity index (χ1n) is 8.84. The number of hydrogen-bond acceptors (Lipinski definition) is 3. The normalized spacial score (nSPS) is 21.7. The molecule has 0 spiro atoms. The molecule has 1 aliphatic rings. The summed E-state index contributed by atoms with van der Waals surface area (Å²) in [7, 11) is 0. The van der Waals surface area contributed by atoms with E-state index in [1.165, 1.54) is 5.56 Å². The first kappa shape index (κ1) is 17.3. The smallest absolute Gasteiger partial charge is 0.118 e. The minimum absolute atomic E-state index is 0.244. The van der Waals surface area contributed by atoms with Gasteiger partial charge in [0.1, 0.15) is 6.04 Å². The summed E-state index contributed by atoms with van der Waals surface area (Å²) in [5.41, 5.74) is 3.13. The molecule has 128 valence electrons. The van der Waals surface area contributed by atoms with E-state index in [4.69, 9.17) is 0 Å². The van der Waals surface area contributed by atoms with Gasteiger partial charge in [0.2, 0.25) is 0 Å². The molecule has 3 nitrogen and oxygen atoms in total. The first-order valence-corrected chi connectivity index (χ1v) is 8.84. The molecule has 0 bridgehead atoms. The predicted molar refractivity (Wildman–Crippen MR) is 102 cm³/mol. The minimum Gasteiger partial charge on any atom is -0.262 e. The lowest BCUT2D eigenvalue weighted by Crippen LogP contribution is -2.20. The van der Waals surface area contributed by atoms with Gasteiger partial charge in [0, 0.05) is 11.9 Å². The van der Waals surface area contributed by atoms with Crippen LogP contribution in [0.3, 0.4) is 0 Å². The standard InChI is InChI=1S/C22H24N2O/c1-16-8-6-7-11-20(16)21(18-9-4-3-5-10-18)15-22(24-25)19-12-13-23-17(2)14-19/h3-14,16,20-22H,15H2,1-2H3. The van der Waals surface area contributed by atoms with Crippen molar-refractivity contribution in [3.05, 3.63) is 94.7 Å². The summed E-state index contributed by atoms with van der Waals surface area (Å²) in [6.45, 7) is 4.18. The second-order valence-corrected chi connectivity index (χ2v) is 6.81. The molecule has 0 saturated carbocycles. The van der Waals surface area contributed by atoms with Crippen molar-refractivity contribution in [1.82, 2.24) is 4.98 Å². The number of nitrogens with zero attached hydrogens (tertiary/aromatic N) is 2. The summed E-state index contributed by atoms with van der Waals surface area (Å²) in [4.78, 5) is 15.9. The Labute approximate surface area is 149 Å². The second-order valence-electron chi connectivity index (χ2n) is 6.81. The van der Waals surface area contributed by atoms with Crippen molar-refractivity contribution in [1.29, 1.82) is 0 Å². The van der Waals surface area contributed by atoms with Gasteiger partial charge in [-0.05, 0) is 54.4 Å². The molecule has 1 aliphatic carbocycles. The Bertz CT molecular complexity index is 767. The summed E-state index contributed by atoms with van der Waals surface area (Å²) < 4.78 is 0. The number of pyridine rings is 1. The maximum Gasteiger partial charge on any atom is 0.118 e. The Morgan fingerprint density at radius 3 is 2.52 bits per heavy atom. The van der Waals surface area contributed by atoms with Crippen LogP contribution < -0.4 is 0 Å². The van der Waals surface area contributed by atoms with E-state index in [9.17, 15) is 4.91 Å². The third kappa shape index (κ3) is 4.11. The van der Waals surface area contributed by atoms with Gasteiger partial charge in [-0.15, -0.1) is 0 Å². The molecule has 0 N–H and O–H groups in total. The zero-order valence-electron chi connectivity index (χ0n) is 14.7. The maximum absolute atomic E-state index is 11.6. The van der Waals surface area contributed by atoms with E-state index < -0.39 is 0 Å². The average Bonchev–Trinajstić information content (AvgIpc) is 2.64. The number of hydrogen-bond donors (Lipinski definition) is 0. The van der Waals surface area contributed by atoms with Crippen LogP contribution in [0.5, 0.6) is 0 Å². The topological polar surface area (TPSA) is 42.3 Å². The first-order chi connectivity index (χ1) is 12.2. The van der Waals surface area contributed by atoms with Gasteiger partial charge >= 0.3 is 0 Å². The fraction of sp³-hybridized carbons (Fsp3) is 0.318. The van der Waals surface area contributed by atoms with Crippen LogP contribution in [0.25, 0.3) is 0 Å². The maximum atomic E-state index is 11.6. The summed E-state index contributed by atoms with van der Waals surface area (Å²) in [6.07, 6.45) is 11.2. The SMILES string of the molecule is Cc1cc(C(CC(c2ccccc2)C2C=CC=CC2C)N=O)ccn1. The van der Waals surface area contributed by atoms with Crippen LogP contribution in [-0.2, 0) is 0 Å². The summed E-state index contributed by atoms with van der Waals surface area (Å²) >= 11 is 0. The third-order valence-electron chi connectivity index (χ3n) is 5.07. The van der Waals surface area contributed by atoms with Gasteiger partial charge in [-0.25, -0.2) is 0 Å². The Balaban J connectivity index is 1.92. The number of benzene rings is 1. The fourth-order valence-corrected chi connectivity index (χ4v) is 3.71. The van der Waals surface area contributed by atoms with Crippen molar-refractivity contribution in [3.8, 4) is 0 Å². The third-order valence-corrected chi connectivity index (χ3v) is 5.07. The van der Waals surface area contributed by atoms with E-state index in [0.29, 0.717) is 18.3 Å². The van der Waals surface area contributed by atoms with Gasteiger partial charge in [0.25, 0.3) is 0 Å². The molecule has 1 aromatic carbocycles. The zero-order valence-corrected chi connectivity index (χ0v) is 14.7. The van der Waals surface area contributed by atoms with Gasteiger partial charge in [-0.3, -0.25) is 4.98 Å². The van der Waals surface area contributed by atoms with Crippen LogP contribution in [0.15, 0.2) is 78.1 Å². The number of nitroso groups, excluding NO2 is 1. The number of aryl methyl sites for hydroxylation is 1. The largest absolute Gasteiger partial charge is 0.262 e. The molecule has 4 unspecified atom stereocenters. The number of allylic oxidation sites excluding steroid dienone is 4. The van der Waals surface area contributed by atoms with Gasteiger partial charge in [0.05, 0.1) is 0 Å². The molecule has 3 heteroatoms. The van der Waals surface area contributed by atoms with E-state index in [-0.39, 0.29) is 12.0 Å². The Kier molecular flexibility index (Phi) is 5.54. The molecule has 1 aromatic heterocycles. The van der Waals surface area contributed by atoms with E-state index in [1.807, 2.05) is 25.1 Å². The number of aromatic nitrogens is 1. The lowest BCUT2D eigenvalue weighted by Gasteiger charge is -2.31. The highest BCUT2D eigenvalue weighted by Crippen LogP contribution is 2.41. The lowest BCUT2D eigenvalue weighted by atomic mass is 9.73. The molecule has 3 rings (SSSR count). The van der Waals surface area contributed by atoms with Crippen molar-refractivity contribution < 1.29 is 0 Å². The number of rotatable bonds is 6. The van der Waals surface area contributed by atoms with Crippen molar-refractivity contribution in [3.63, 3.8) is 0 Å². The summed E-state index contributed by atoms with van der Waals surface area (Å²) in [5.74, 6) is 1.04. The second kappa shape index (κ2) is 8.02. The zero-order chi connectivity index (χ0) is 17.6. The van der Waals surface area contributed by atoms with Gasteiger partial charge in [-0.2, -0.15) is 4.91 Å². The Morgan fingerprint density at radius 1 is 1.08 bits per heavy atom. The molecule has 0 amide bonds. The molecule has 0 radical (unpaired) electrons. The molecule has 0 aliphatic heterocycles. The molecule has 1 heterocycles. The Morgan fingerprint density at radius 2 is 1.84 bits per heavy atom. The molecule has 0 fully saturated rings. The molecule has 4 atom stereocenters. The highest BCUT2D eigenvalue weighted by Gasteiger charge is 2.29. The lowest BCUT2D eigenvalue weighted by molar-refractivity contribution is 0.375. The van der Waals surface area contributed by atoms with Gasteiger partial charge in [-0.1, -0.05) is 66.7 Å².